The van der Waals surface area contributed by atoms with Gasteiger partial charge in [-0.15, -0.1) is 22.2 Å². The Hall–Kier alpha value is 0.797. The quantitative estimate of drug-likeness (QED) is 0.461. The van der Waals surface area contributed by atoms with Crippen LogP contribution in [0.5, 0.6) is 0 Å². The number of hydrogen-bond acceptors (Lipinski definition) is 0. The molecular formula is C11H22Cl2Si. The zero-order valence-electron chi connectivity index (χ0n) is 9.20. The van der Waals surface area contributed by atoms with E-state index in [0.29, 0.717) is 0 Å². The summed E-state index contributed by atoms with van der Waals surface area (Å²) in [6.07, 6.45) is 9.57. The molecule has 0 atom stereocenters. The summed E-state index contributed by atoms with van der Waals surface area (Å²) >= 11 is 12.7. The minimum Gasteiger partial charge on any atom is -0.146 e. The van der Waals surface area contributed by atoms with Crippen LogP contribution < -0.4 is 0 Å². The van der Waals surface area contributed by atoms with Crippen molar-refractivity contribution in [2.24, 2.45) is 5.92 Å². The third-order valence-corrected chi connectivity index (χ3v) is 7.78. The van der Waals surface area contributed by atoms with Gasteiger partial charge in [-0.3, -0.25) is 0 Å². The van der Waals surface area contributed by atoms with Gasteiger partial charge in [0.2, 0.25) is 0 Å². The summed E-state index contributed by atoms with van der Waals surface area (Å²) in [5, 5.41) is 0. The first-order valence-corrected chi connectivity index (χ1v) is 10.5. The van der Waals surface area contributed by atoms with Crippen molar-refractivity contribution >= 4 is 28.9 Å². The van der Waals surface area contributed by atoms with E-state index in [9.17, 15) is 0 Å². The summed E-state index contributed by atoms with van der Waals surface area (Å²) in [7, 11) is 0. The molecule has 1 aliphatic rings. The Morgan fingerprint density at radius 2 is 1.71 bits per heavy atom. The van der Waals surface area contributed by atoms with Gasteiger partial charge in [0, 0.05) is 0 Å². The maximum absolute atomic E-state index is 6.36. The summed E-state index contributed by atoms with van der Waals surface area (Å²) in [6, 6.07) is 2.19. The predicted octanol–water partition coefficient (Wildman–Crippen LogP) is 5.29. The van der Waals surface area contributed by atoms with Gasteiger partial charge in [0.1, 0.15) is 0 Å². The van der Waals surface area contributed by atoms with E-state index in [1.54, 1.807) is 0 Å². The molecule has 0 radical (unpaired) electrons. The van der Waals surface area contributed by atoms with Crippen molar-refractivity contribution in [2.75, 3.05) is 0 Å². The highest BCUT2D eigenvalue weighted by molar-refractivity contribution is 7.45. The van der Waals surface area contributed by atoms with Crippen molar-refractivity contribution in [1.82, 2.24) is 0 Å². The third-order valence-electron chi connectivity index (χ3n) is 3.26. The maximum Gasteiger partial charge on any atom is 0.251 e. The first-order valence-electron chi connectivity index (χ1n) is 6.02. The molecule has 0 nitrogen and oxygen atoms in total. The Balaban J connectivity index is 2.17. The van der Waals surface area contributed by atoms with Gasteiger partial charge in [-0.2, -0.15) is 0 Å². The van der Waals surface area contributed by atoms with Crippen molar-refractivity contribution in [1.29, 1.82) is 0 Å². The molecule has 0 aromatic rings. The van der Waals surface area contributed by atoms with E-state index in [0.717, 1.165) is 24.4 Å². The Morgan fingerprint density at radius 1 is 1.07 bits per heavy atom. The summed E-state index contributed by atoms with van der Waals surface area (Å²) in [5.74, 6) is 0.935. The van der Waals surface area contributed by atoms with Crippen LogP contribution in [-0.4, -0.2) is 6.69 Å². The van der Waals surface area contributed by atoms with E-state index in [1.807, 2.05) is 0 Å². The predicted molar refractivity (Wildman–Crippen MR) is 68.6 cm³/mol. The smallest absolute Gasteiger partial charge is 0.146 e. The Bertz CT molecular complexity index is 153. The van der Waals surface area contributed by atoms with Crippen LogP contribution in [0, 0.1) is 5.92 Å². The molecule has 1 aliphatic carbocycles. The van der Waals surface area contributed by atoms with E-state index in [-0.39, 0.29) is 0 Å². The molecule has 0 N–H and O–H groups in total. The average molecular weight is 253 g/mol. The van der Waals surface area contributed by atoms with E-state index < -0.39 is 6.69 Å². The normalized spacial score (nSPS) is 19.9. The van der Waals surface area contributed by atoms with Gasteiger partial charge in [-0.25, -0.2) is 0 Å². The van der Waals surface area contributed by atoms with E-state index in [2.05, 4.69) is 6.92 Å². The van der Waals surface area contributed by atoms with E-state index in [4.69, 9.17) is 22.2 Å². The lowest BCUT2D eigenvalue weighted by atomic mass is 9.88. The second-order valence-electron chi connectivity index (χ2n) is 4.65. The van der Waals surface area contributed by atoms with Crippen LogP contribution in [-0.2, 0) is 0 Å². The molecule has 0 bridgehead atoms. The Labute approximate surface area is 98.8 Å². The highest BCUT2D eigenvalue weighted by atomic mass is 35.7. The lowest BCUT2D eigenvalue weighted by Crippen LogP contribution is -2.20. The van der Waals surface area contributed by atoms with Crippen LogP contribution in [0.1, 0.15) is 51.9 Å². The van der Waals surface area contributed by atoms with Gasteiger partial charge >= 0.3 is 0 Å². The molecule has 0 amide bonds. The Morgan fingerprint density at radius 3 is 2.29 bits per heavy atom. The van der Waals surface area contributed by atoms with E-state index >= 15 is 0 Å². The lowest BCUT2D eigenvalue weighted by molar-refractivity contribution is 0.349. The molecule has 14 heavy (non-hydrogen) atoms. The first-order chi connectivity index (χ1) is 6.64. The molecule has 3 heteroatoms. The molecule has 1 rings (SSSR count). The fourth-order valence-electron chi connectivity index (χ4n) is 2.38. The zero-order chi connectivity index (χ0) is 10.4. The summed E-state index contributed by atoms with van der Waals surface area (Å²) in [5.41, 5.74) is 0. The van der Waals surface area contributed by atoms with Gasteiger partial charge < -0.3 is 0 Å². The van der Waals surface area contributed by atoms with Gasteiger partial charge in [0.25, 0.3) is 6.69 Å². The molecule has 1 fully saturated rings. The van der Waals surface area contributed by atoms with Crippen molar-refractivity contribution in [3.63, 3.8) is 0 Å². The summed E-state index contributed by atoms with van der Waals surface area (Å²) in [6.45, 7) is 0.331. The fraction of sp³-hybridized carbons (Fsp3) is 1.00. The maximum atomic E-state index is 6.36. The molecule has 0 heterocycles. The number of rotatable bonds is 5. The molecule has 84 valence electrons. The van der Waals surface area contributed by atoms with Gasteiger partial charge in [0.15, 0.2) is 0 Å². The highest BCUT2D eigenvalue weighted by Crippen LogP contribution is 2.34. The van der Waals surface area contributed by atoms with Crippen LogP contribution in [0.25, 0.3) is 0 Å². The standard InChI is InChI=1S/C11H22Cl2Si/c1-2-9-14(12,13)10-8-11-6-4-3-5-7-11/h11H,2-10H2,1H3. The lowest BCUT2D eigenvalue weighted by Gasteiger charge is -2.24. The average Bonchev–Trinajstić information content (AvgIpc) is 2.17. The molecule has 0 spiro atoms. The van der Waals surface area contributed by atoms with Crippen LogP contribution in [0.4, 0.5) is 0 Å². The minimum atomic E-state index is -1.84. The summed E-state index contributed by atoms with van der Waals surface area (Å²) < 4.78 is 0. The van der Waals surface area contributed by atoms with Crippen molar-refractivity contribution < 1.29 is 0 Å². The first kappa shape index (κ1) is 12.9. The molecular weight excluding hydrogens is 231 g/mol. The minimum absolute atomic E-state index is 0.935. The van der Waals surface area contributed by atoms with Crippen LogP contribution in [0.15, 0.2) is 0 Å². The van der Waals surface area contributed by atoms with Crippen LogP contribution in [0.2, 0.25) is 12.1 Å². The third kappa shape index (κ3) is 5.04. The Kier molecular flexibility index (Phi) is 5.88. The molecule has 0 aromatic heterocycles. The second kappa shape index (κ2) is 6.39. The van der Waals surface area contributed by atoms with Gasteiger partial charge in [-0.05, 0) is 18.0 Å². The van der Waals surface area contributed by atoms with Crippen molar-refractivity contribution in [2.45, 2.75) is 64.0 Å². The van der Waals surface area contributed by atoms with Crippen molar-refractivity contribution in [3.05, 3.63) is 0 Å². The second-order valence-corrected chi connectivity index (χ2v) is 12.3. The van der Waals surface area contributed by atoms with Gasteiger partial charge in [0.05, 0.1) is 0 Å². The SMILES string of the molecule is CCC[Si](Cl)(Cl)CCC1CCCCC1. The highest BCUT2D eigenvalue weighted by Gasteiger charge is 2.28. The van der Waals surface area contributed by atoms with E-state index in [1.165, 1.54) is 38.5 Å². The van der Waals surface area contributed by atoms with Crippen molar-refractivity contribution in [3.8, 4) is 0 Å². The molecule has 0 unspecified atom stereocenters. The topological polar surface area (TPSA) is 0 Å². The number of halogens is 2. The molecule has 0 saturated heterocycles. The molecule has 1 saturated carbocycles. The van der Waals surface area contributed by atoms with Gasteiger partial charge in [-0.1, -0.05) is 51.9 Å². The zero-order valence-corrected chi connectivity index (χ0v) is 11.7. The monoisotopic (exact) mass is 252 g/mol. The summed E-state index contributed by atoms with van der Waals surface area (Å²) in [4.78, 5) is 0. The number of hydrogen-bond donors (Lipinski definition) is 0. The largest absolute Gasteiger partial charge is 0.251 e. The molecule has 0 aliphatic heterocycles. The fourth-order valence-corrected chi connectivity index (χ4v) is 5.98. The molecule has 0 aromatic carbocycles. The van der Waals surface area contributed by atoms with Crippen LogP contribution >= 0.6 is 22.2 Å². The van der Waals surface area contributed by atoms with Crippen LogP contribution in [0.3, 0.4) is 0 Å².